The van der Waals surface area contributed by atoms with E-state index in [4.69, 9.17) is 5.73 Å². The number of amides is 2. The smallest absolute Gasteiger partial charge is 0.254 e. The predicted octanol–water partition coefficient (Wildman–Crippen LogP) is 1.99. The summed E-state index contributed by atoms with van der Waals surface area (Å²) in [5.41, 5.74) is 7.34. The fourth-order valence-electron chi connectivity index (χ4n) is 2.82. The molecule has 1 heterocycles. The molecule has 3 N–H and O–H groups in total. The van der Waals surface area contributed by atoms with Crippen LogP contribution in [0.25, 0.3) is 0 Å². The van der Waals surface area contributed by atoms with E-state index < -0.39 is 0 Å². The van der Waals surface area contributed by atoms with Crippen molar-refractivity contribution < 1.29 is 9.59 Å². The van der Waals surface area contributed by atoms with Crippen molar-refractivity contribution >= 4 is 17.5 Å². The van der Waals surface area contributed by atoms with Crippen LogP contribution in [0.4, 0.5) is 5.69 Å². The van der Waals surface area contributed by atoms with Crippen LogP contribution in [0, 0.1) is 0 Å². The standard InChI is InChI=1S/C16H23N3O2/c1-11(17)15-5-3-4-10-19(15)16(21)13-6-8-14(9-7-13)18-12(2)20/h6-9,11,15H,3-5,10,17H2,1-2H3,(H,18,20). The lowest BCUT2D eigenvalue weighted by Gasteiger charge is -2.38. The minimum Gasteiger partial charge on any atom is -0.334 e. The lowest BCUT2D eigenvalue weighted by molar-refractivity contribution is -0.114. The van der Waals surface area contributed by atoms with Gasteiger partial charge in [0.15, 0.2) is 0 Å². The molecule has 1 saturated heterocycles. The molecule has 0 aromatic heterocycles. The zero-order valence-electron chi connectivity index (χ0n) is 12.6. The monoisotopic (exact) mass is 289 g/mol. The molecular formula is C16H23N3O2. The Balaban J connectivity index is 2.12. The molecule has 2 amide bonds. The molecule has 1 aromatic rings. The average Bonchev–Trinajstić information content (AvgIpc) is 2.46. The summed E-state index contributed by atoms with van der Waals surface area (Å²) in [5, 5.41) is 2.69. The maximum absolute atomic E-state index is 12.6. The quantitative estimate of drug-likeness (QED) is 0.893. The van der Waals surface area contributed by atoms with Crippen LogP contribution in [0.3, 0.4) is 0 Å². The number of carbonyl (C=O) groups excluding carboxylic acids is 2. The van der Waals surface area contributed by atoms with Crippen molar-refractivity contribution in [1.82, 2.24) is 4.90 Å². The number of piperidine rings is 1. The van der Waals surface area contributed by atoms with E-state index in [2.05, 4.69) is 5.32 Å². The SMILES string of the molecule is CC(=O)Nc1ccc(C(=O)N2CCCCC2C(C)N)cc1. The van der Waals surface area contributed by atoms with E-state index in [9.17, 15) is 9.59 Å². The molecule has 0 bridgehead atoms. The van der Waals surface area contributed by atoms with Gasteiger partial charge in [0.2, 0.25) is 5.91 Å². The van der Waals surface area contributed by atoms with E-state index in [-0.39, 0.29) is 23.9 Å². The number of nitrogens with one attached hydrogen (secondary N) is 1. The molecule has 114 valence electrons. The van der Waals surface area contributed by atoms with E-state index >= 15 is 0 Å². The van der Waals surface area contributed by atoms with Crippen LogP contribution in [-0.2, 0) is 4.79 Å². The Hall–Kier alpha value is -1.88. The van der Waals surface area contributed by atoms with Crippen LogP contribution in [0.15, 0.2) is 24.3 Å². The first-order valence-electron chi connectivity index (χ1n) is 7.43. The third kappa shape index (κ3) is 3.82. The van der Waals surface area contributed by atoms with Crippen LogP contribution < -0.4 is 11.1 Å². The molecule has 1 aromatic carbocycles. The maximum Gasteiger partial charge on any atom is 0.254 e. The molecule has 5 heteroatoms. The van der Waals surface area contributed by atoms with E-state index in [0.717, 1.165) is 25.8 Å². The number of anilines is 1. The molecule has 2 atom stereocenters. The zero-order valence-corrected chi connectivity index (χ0v) is 12.6. The predicted molar refractivity (Wildman–Crippen MR) is 83.1 cm³/mol. The van der Waals surface area contributed by atoms with Gasteiger partial charge in [-0.05, 0) is 50.5 Å². The third-order valence-corrected chi connectivity index (χ3v) is 3.87. The van der Waals surface area contributed by atoms with E-state index in [1.54, 1.807) is 24.3 Å². The van der Waals surface area contributed by atoms with Crippen molar-refractivity contribution in [3.05, 3.63) is 29.8 Å². The van der Waals surface area contributed by atoms with Gasteiger partial charge in [0.05, 0.1) is 0 Å². The minimum atomic E-state index is -0.123. The normalized spacial score (nSPS) is 20.0. The summed E-state index contributed by atoms with van der Waals surface area (Å²) in [4.78, 5) is 25.5. The molecule has 1 fully saturated rings. The highest BCUT2D eigenvalue weighted by Crippen LogP contribution is 2.22. The lowest BCUT2D eigenvalue weighted by Crippen LogP contribution is -2.51. The Morgan fingerprint density at radius 1 is 1.29 bits per heavy atom. The summed E-state index contributed by atoms with van der Waals surface area (Å²) in [5.74, 6) is -0.103. The van der Waals surface area contributed by atoms with Gasteiger partial charge in [0.25, 0.3) is 5.91 Å². The summed E-state index contributed by atoms with van der Waals surface area (Å²) < 4.78 is 0. The first-order valence-corrected chi connectivity index (χ1v) is 7.43. The summed E-state index contributed by atoms with van der Waals surface area (Å²) >= 11 is 0. The van der Waals surface area contributed by atoms with Gasteiger partial charge in [-0.15, -0.1) is 0 Å². The Morgan fingerprint density at radius 3 is 2.52 bits per heavy atom. The summed E-state index contributed by atoms with van der Waals surface area (Å²) in [7, 11) is 0. The Labute approximate surface area is 125 Å². The molecule has 0 spiro atoms. The highest BCUT2D eigenvalue weighted by atomic mass is 16.2. The fourth-order valence-corrected chi connectivity index (χ4v) is 2.82. The summed E-state index contributed by atoms with van der Waals surface area (Å²) in [6.45, 7) is 4.18. The second-order valence-electron chi connectivity index (χ2n) is 5.68. The van der Waals surface area contributed by atoms with E-state index in [0.29, 0.717) is 11.3 Å². The van der Waals surface area contributed by atoms with Crippen molar-refractivity contribution in [3.63, 3.8) is 0 Å². The average molecular weight is 289 g/mol. The number of rotatable bonds is 3. The largest absolute Gasteiger partial charge is 0.334 e. The first-order chi connectivity index (χ1) is 9.99. The lowest BCUT2D eigenvalue weighted by atomic mass is 9.96. The van der Waals surface area contributed by atoms with Gasteiger partial charge in [0.1, 0.15) is 0 Å². The molecule has 1 aliphatic rings. The Kier molecular flexibility index (Phi) is 4.96. The van der Waals surface area contributed by atoms with Gasteiger partial charge in [0, 0.05) is 36.8 Å². The second kappa shape index (κ2) is 6.72. The molecule has 2 unspecified atom stereocenters. The number of hydrogen-bond donors (Lipinski definition) is 2. The third-order valence-electron chi connectivity index (χ3n) is 3.87. The molecule has 0 radical (unpaired) electrons. The molecule has 5 nitrogen and oxygen atoms in total. The van der Waals surface area contributed by atoms with Crippen molar-refractivity contribution in [2.45, 2.75) is 45.2 Å². The number of nitrogens with two attached hydrogens (primary N) is 1. The van der Waals surface area contributed by atoms with Crippen LogP contribution in [0.1, 0.15) is 43.5 Å². The number of nitrogens with zero attached hydrogens (tertiary/aromatic N) is 1. The summed E-state index contributed by atoms with van der Waals surface area (Å²) in [6.07, 6.45) is 3.11. The van der Waals surface area contributed by atoms with Crippen LogP contribution >= 0.6 is 0 Å². The van der Waals surface area contributed by atoms with Crippen molar-refractivity contribution in [1.29, 1.82) is 0 Å². The minimum absolute atomic E-state index is 0.0198. The van der Waals surface area contributed by atoms with Crippen LogP contribution in [0.2, 0.25) is 0 Å². The zero-order chi connectivity index (χ0) is 15.4. The van der Waals surface area contributed by atoms with Gasteiger partial charge in [-0.3, -0.25) is 9.59 Å². The van der Waals surface area contributed by atoms with Crippen molar-refractivity contribution in [2.24, 2.45) is 5.73 Å². The van der Waals surface area contributed by atoms with Gasteiger partial charge in [-0.2, -0.15) is 0 Å². The molecule has 0 aliphatic carbocycles. The maximum atomic E-state index is 12.6. The van der Waals surface area contributed by atoms with Gasteiger partial charge >= 0.3 is 0 Å². The Morgan fingerprint density at radius 2 is 1.95 bits per heavy atom. The number of benzene rings is 1. The van der Waals surface area contributed by atoms with Gasteiger partial charge < -0.3 is 16.0 Å². The molecule has 2 rings (SSSR count). The number of likely N-dealkylation sites (tertiary alicyclic amines) is 1. The van der Waals surface area contributed by atoms with Crippen LogP contribution in [-0.4, -0.2) is 35.3 Å². The molecule has 21 heavy (non-hydrogen) atoms. The fraction of sp³-hybridized carbons (Fsp3) is 0.500. The summed E-state index contributed by atoms with van der Waals surface area (Å²) in [6, 6.07) is 7.09. The number of hydrogen-bond acceptors (Lipinski definition) is 3. The van der Waals surface area contributed by atoms with E-state index in [1.807, 2.05) is 11.8 Å². The highest BCUT2D eigenvalue weighted by molar-refractivity contribution is 5.95. The van der Waals surface area contributed by atoms with Crippen molar-refractivity contribution in [3.8, 4) is 0 Å². The number of carbonyl (C=O) groups is 2. The van der Waals surface area contributed by atoms with Crippen molar-refractivity contribution in [2.75, 3.05) is 11.9 Å². The molecular weight excluding hydrogens is 266 g/mol. The van der Waals surface area contributed by atoms with E-state index in [1.165, 1.54) is 6.92 Å². The molecule has 0 saturated carbocycles. The Bertz CT molecular complexity index is 511. The second-order valence-corrected chi connectivity index (χ2v) is 5.68. The first kappa shape index (κ1) is 15.5. The van der Waals surface area contributed by atoms with Gasteiger partial charge in [-0.25, -0.2) is 0 Å². The highest BCUT2D eigenvalue weighted by Gasteiger charge is 2.29. The topological polar surface area (TPSA) is 75.4 Å². The van der Waals surface area contributed by atoms with Crippen LogP contribution in [0.5, 0.6) is 0 Å². The van der Waals surface area contributed by atoms with Gasteiger partial charge in [-0.1, -0.05) is 0 Å². The molecule has 1 aliphatic heterocycles.